The van der Waals surface area contributed by atoms with Crippen molar-refractivity contribution in [3.63, 3.8) is 0 Å². The fourth-order valence-electron chi connectivity index (χ4n) is 4.76. The minimum atomic E-state index is -0.714. The largest absolute Gasteiger partial charge is 0.467 e. The van der Waals surface area contributed by atoms with Crippen LogP contribution in [0.25, 0.3) is 0 Å². The molecule has 6 rings (SSSR count). The molecule has 0 radical (unpaired) electrons. The average Bonchev–Trinajstić information content (AvgIpc) is 3.74. The second-order valence-corrected chi connectivity index (χ2v) is 10.7. The predicted octanol–water partition coefficient (Wildman–Crippen LogP) is 4.21. The minimum absolute atomic E-state index is 0.109. The van der Waals surface area contributed by atoms with Gasteiger partial charge >= 0.3 is 0 Å². The average molecular weight is 574 g/mol. The van der Waals surface area contributed by atoms with Crippen LogP contribution in [0.2, 0.25) is 0 Å². The number of amidine groups is 2. The maximum Gasteiger partial charge on any atom is 0.270 e. The van der Waals surface area contributed by atoms with Crippen LogP contribution in [0, 0.1) is 0 Å². The standard InChI is InChI=1S/C29H27N5O6S/c1-2-24(28(37)31-17-9-11-22-23(14-17)40-16-39-22)41-29-32-20-8-4-3-7-19(20)26-33-27(36)21(34(26)29)10-12-25(35)30-15-18-6-5-13-38-18/h3-9,11,13-14,21,24H,2,10,12,15-16H2,1H3,(H,30,35)(H,31,37). The first-order chi connectivity index (χ1) is 20.0. The van der Waals surface area contributed by atoms with Gasteiger partial charge in [-0.2, -0.15) is 4.99 Å². The zero-order valence-corrected chi connectivity index (χ0v) is 23.0. The van der Waals surface area contributed by atoms with Gasteiger partial charge in [0, 0.05) is 23.7 Å². The van der Waals surface area contributed by atoms with E-state index in [-0.39, 0.29) is 43.9 Å². The van der Waals surface area contributed by atoms with Crippen molar-refractivity contribution < 1.29 is 28.3 Å². The van der Waals surface area contributed by atoms with Gasteiger partial charge in [-0.3, -0.25) is 19.3 Å². The van der Waals surface area contributed by atoms with E-state index >= 15 is 0 Å². The molecule has 3 amide bonds. The summed E-state index contributed by atoms with van der Waals surface area (Å²) in [4.78, 5) is 50.0. The number of furan rings is 1. The molecule has 0 saturated carbocycles. The van der Waals surface area contributed by atoms with Gasteiger partial charge in [-0.25, -0.2) is 4.99 Å². The van der Waals surface area contributed by atoms with Gasteiger partial charge in [0.15, 0.2) is 16.7 Å². The molecule has 4 heterocycles. The number of ether oxygens (including phenoxy) is 2. The smallest absolute Gasteiger partial charge is 0.270 e. The van der Waals surface area contributed by atoms with E-state index in [2.05, 4.69) is 15.6 Å². The highest BCUT2D eigenvalue weighted by molar-refractivity contribution is 8.15. The molecular formula is C29H27N5O6S. The van der Waals surface area contributed by atoms with Crippen molar-refractivity contribution in [3.05, 3.63) is 72.2 Å². The van der Waals surface area contributed by atoms with Gasteiger partial charge in [-0.15, -0.1) is 0 Å². The number of hydrogen-bond acceptors (Lipinski definition) is 9. The van der Waals surface area contributed by atoms with Crippen LogP contribution < -0.4 is 20.1 Å². The first-order valence-electron chi connectivity index (χ1n) is 13.3. The molecule has 12 heteroatoms. The van der Waals surface area contributed by atoms with Crippen molar-refractivity contribution in [1.82, 2.24) is 10.2 Å². The number of fused-ring (bicyclic) bond motifs is 4. The topological polar surface area (TPSA) is 135 Å². The minimum Gasteiger partial charge on any atom is -0.467 e. The van der Waals surface area contributed by atoms with Gasteiger partial charge in [0.2, 0.25) is 18.6 Å². The zero-order valence-electron chi connectivity index (χ0n) is 22.2. The van der Waals surface area contributed by atoms with Crippen molar-refractivity contribution in [1.29, 1.82) is 0 Å². The predicted molar refractivity (Wildman–Crippen MR) is 153 cm³/mol. The van der Waals surface area contributed by atoms with E-state index in [1.807, 2.05) is 31.2 Å². The van der Waals surface area contributed by atoms with Crippen molar-refractivity contribution in [2.75, 3.05) is 12.1 Å². The molecule has 0 spiro atoms. The van der Waals surface area contributed by atoms with Crippen LogP contribution in [-0.2, 0) is 20.9 Å². The molecule has 0 saturated heterocycles. The fourth-order valence-corrected chi connectivity index (χ4v) is 5.82. The number of rotatable bonds is 9. The molecule has 11 nitrogen and oxygen atoms in total. The summed E-state index contributed by atoms with van der Waals surface area (Å²) in [6.45, 7) is 2.33. The highest BCUT2D eigenvalue weighted by atomic mass is 32.2. The van der Waals surface area contributed by atoms with Gasteiger partial charge in [-0.1, -0.05) is 30.8 Å². The van der Waals surface area contributed by atoms with Crippen LogP contribution in [0.5, 0.6) is 11.5 Å². The molecule has 2 aromatic carbocycles. The molecule has 41 heavy (non-hydrogen) atoms. The Kier molecular flexibility index (Phi) is 7.47. The summed E-state index contributed by atoms with van der Waals surface area (Å²) in [7, 11) is 0. The second kappa shape index (κ2) is 11.5. The SMILES string of the molecule is CCC(SC1=Nc2ccccc2C2=NC(=O)C(CCC(=O)NCc3ccco3)N12)C(=O)Nc1ccc2c(c1)OCO2. The number of para-hydroxylation sites is 1. The van der Waals surface area contributed by atoms with Gasteiger partial charge in [0.25, 0.3) is 5.91 Å². The summed E-state index contributed by atoms with van der Waals surface area (Å²) in [6, 6.07) is 15.5. The van der Waals surface area contributed by atoms with E-state index in [1.165, 1.54) is 11.8 Å². The van der Waals surface area contributed by atoms with Crippen molar-refractivity contribution in [3.8, 4) is 11.5 Å². The molecule has 210 valence electrons. The number of carbonyl (C=O) groups excluding carboxylic acids is 3. The number of benzene rings is 2. The van der Waals surface area contributed by atoms with Crippen LogP contribution in [-0.4, -0.2) is 51.7 Å². The molecule has 2 N–H and O–H groups in total. The van der Waals surface area contributed by atoms with Gasteiger partial charge in [0.05, 0.1) is 23.7 Å². The number of anilines is 1. The van der Waals surface area contributed by atoms with Crippen molar-refractivity contribution in [2.45, 2.75) is 44.0 Å². The maximum absolute atomic E-state index is 13.4. The van der Waals surface area contributed by atoms with E-state index in [0.29, 0.717) is 46.1 Å². The molecule has 1 aromatic heterocycles. The number of carbonyl (C=O) groups is 3. The lowest BCUT2D eigenvalue weighted by Gasteiger charge is -2.32. The summed E-state index contributed by atoms with van der Waals surface area (Å²) < 4.78 is 16.0. The first kappa shape index (κ1) is 26.6. The monoisotopic (exact) mass is 573 g/mol. The first-order valence-corrected chi connectivity index (χ1v) is 14.1. The number of aliphatic imine (C=N–C) groups is 2. The Morgan fingerprint density at radius 2 is 1.95 bits per heavy atom. The third kappa shape index (κ3) is 5.55. The summed E-state index contributed by atoms with van der Waals surface area (Å²) in [5.74, 6) is 1.56. The molecule has 3 aliphatic rings. The Hall–Kier alpha value is -4.58. The quantitative estimate of drug-likeness (QED) is 0.389. The number of amides is 3. The van der Waals surface area contributed by atoms with Crippen molar-refractivity contribution >= 4 is 51.9 Å². The Morgan fingerprint density at radius 3 is 2.78 bits per heavy atom. The normalized spacial score (nSPS) is 17.3. The van der Waals surface area contributed by atoms with Crippen LogP contribution in [0.3, 0.4) is 0 Å². The molecule has 2 unspecified atom stereocenters. The number of thioether (sulfide) groups is 1. The molecular weight excluding hydrogens is 546 g/mol. The van der Waals surface area contributed by atoms with E-state index in [0.717, 1.165) is 5.56 Å². The number of nitrogens with one attached hydrogen (secondary N) is 2. The van der Waals surface area contributed by atoms with E-state index in [9.17, 15) is 14.4 Å². The van der Waals surface area contributed by atoms with E-state index in [4.69, 9.17) is 18.9 Å². The summed E-state index contributed by atoms with van der Waals surface area (Å²) in [5, 5.41) is 5.74. The summed E-state index contributed by atoms with van der Waals surface area (Å²) >= 11 is 1.27. The lowest BCUT2D eigenvalue weighted by atomic mass is 10.1. The molecule has 0 aliphatic carbocycles. The Bertz CT molecular complexity index is 1550. The highest BCUT2D eigenvalue weighted by Gasteiger charge is 2.42. The van der Waals surface area contributed by atoms with Crippen molar-refractivity contribution in [2.24, 2.45) is 9.98 Å². The van der Waals surface area contributed by atoms with Gasteiger partial charge in [-0.05, 0) is 49.2 Å². The van der Waals surface area contributed by atoms with E-state index < -0.39 is 11.3 Å². The van der Waals surface area contributed by atoms with Gasteiger partial charge in [0.1, 0.15) is 17.6 Å². The Morgan fingerprint density at radius 1 is 1.10 bits per heavy atom. The number of nitrogens with zero attached hydrogens (tertiary/aromatic N) is 3. The molecule has 0 fully saturated rings. The molecule has 2 atom stereocenters. The van der Waals surface area contributed by atoms with E-state index in [1.54, 1.807) is 41.5 Å². The Labute approximate surface area is 240 Å². The fraction of sp³-hybridized carbons (Fsp3) is 0.276. The maximum atomic E-state index is 13.4. The van der Waals surface area contributed by atoms with Crippen LogP contribution in [0.15, 0.2) is 75.3 Å². The number of hydrogen-bond donors (Lipinski definition) is 2. The second-order valence-electron chi connectivity index (χ2n) is 9.54. The third-order valence-corrected chi connectivity index (χ3v) is 8.17. The lowest BCUT2D eigenvalue weighted by molar-refractivity contribution is -0.122. The molecule has 0 bridgehead atoms. The highest BCUT2D eigenvalue weighted by Crippen LogP contribution is 2.38. The van der Waals surface area contributed by atoms with Crippen LogP contribution in [0.4, 0.5) is 11.4 Å². The van der Waals surface area contributed by atoms with Crippen LogP contribution in [0.1, 0.15) is 37.5 Å². The zero-order chi connectivity index (χ0) is 28.3. The molecule has 3 aliphatic heterocycles. The Balaban J connectivity index is 1.19. The summed E-state index contributed by atoms with van der Waals surface area (Å²) in [6.07, 6.45) is 2.40. The lowest BCUT2D eigenvalue weighted by Crippen LogP contribution is -2.45. The van der Waals surface area contributed by atoms with Gasteiger partial charge < -0.3 is 24.5 Å². The summed E-state index contributed by atoms with van der Waals surface area (Å²) in [5.41, 5.74) is 1.99. The third-order valence-electron chi connectivity index (χ3n) is 6.84. The molecule has 3 aromatic rings. The van der Waals surface area contributed by atoms with Crippen LogP contribution >= 0.6 is 11.8 Å².